The highest BCUT2D eigenvalue weighted by atomic mass is 79.9. The summed E-state index contributed by atoms with van der Waals surface area (Å²) in [6.45, 7) is 7.46. The van der Waals surface area contributed by atoms with Crippen LogP contribution in [0.25, 0.3) is 0 Å². The van der Waals surface area contributed by atoms with E-state index >= 15 is 0 Å². The highest BCUT2D eigenvalue weighted by Crippen LogP contribution is 2.07. The predicted octanol–water partition coefficient (Wildman–Crippen LogP) is 2.98. The summed E-state index contributed by atoms with van der Waals surface area (Å²) >= 11 is 3.36. The highest BCUT2D eigenvalue weighted by molar-refractivity contribution is 9.10. The van der Waals surface area contributed by atoms with Crippen molar-refractivity contribution in [3.63, 3.8) is 0 Å². The van der Waals surface area contributed by atoms with E-state index in [4.69, 9.17) is 0 Å². The van der Waals surface area contributed by atoms with Crippen molar-refractivity contribution in [2.75, 3.05) is 0 Å². The lowest BCUT2D eigenvalue weighted by atomic mass is 10.1. The fourth-order valence-corrected chi connectivity index (χ4v) is 1.43. The van der Waals surface area contributed by atoms with Gasteiger partial charge in [0.1, 0.15) is 4.60 Å². The Morgan fingerprint density at radius 3 is 2.64 bits per heavy atom. The molecule has 1 aromatic rings. The first-order chi connectivity index (χ1) is 6.59. The van der Waals surface area contributed by atoms with Gasteiger partial charge in [-0.25, -0.2) is 4.98 Å². The first-order valence-corrected chi connectivity index (χ1v) is 5.73. The van der Waals surface area contributed by atoms with E-state index in [0.717, 1.165) is 16.8 Å². The lowest BCUT2D eigenvalue weighted by Crippen LogP contribution is -2.30. The quantitative estimate of drug-likeness (QED) is 0.839. The third-order valence-corrected chi connectivity index (χ3v) is 2.82. The second-order valence-corrected chi connectivity index (χ2v) is 4.68. The molecule has 0 bridgehead atoms. The van der Waals surface area contributed by atoms with Crippen molar-refractivity contribution in [2.45, 2.75) is 33.4 Å². The molecule has 78 valence electrons. The summed E-state index contributed by atoms with van der Waals surface area (Å²) < 4.78 is 0.897. The minimum absolute atomic E-state index is 0.524. The number of rotatable bonds is 4. The maximum Gasteiger partial charge on any atom is 0.106 e. The molecule has 14 heavy (non-hydrogen) atoms. The molecule has 0 saturated heterocycles. The fourth-order valence-electron chi connectivity index (χ4n) is 1.05. The van der Waals surface area contributed by atoms with Crippen LogP contribution < -0.4 is 5.32 Å². The molecule has 0 aliphatic heterocycles. The van der Waals surface area contributed by atoms with Gasteiger partial charge in [-0.2, -0.15) is 0 Å². The lowest BCUT2D eigenvalue weighted by molar-refractivity contribution is 0.424. The fraction of sp³-hybridized carbons (Fsp3) is 0.545. The van der Waals surface area contributed by atoms with Crippen LogP contribution in [-0.2, 0) is 6.54 Å². The first kappa shape index (κ1) is 11.7. The summed E-state index contributed by atoms with van der Waals surface area (Å²) in [5, 5.41) is 3.44. The van der Waals surface area contributed by atoms with Crippen LogP contribution in [0.2, 0.25) is 0 Å². The molecule has 1 rings (SSSR count). The SMILES string of the molecule is CC(C)C(C)NCc1cccc(Br)n1. The van der Waals surface area contributed by atoms with Gasteiger partial charge < -0.3 is 5.32 Å². The minimum atomic E-state index is 0.524. The zero-order valence-corrected chi connectivity index (χ0v) is 10.5. The summed E-state index contributed by atoms with van der Waals surface area (Å²) in [6, 6.07) is 6.50. The second-order valence-electron chi connectivity index (χ2n) is 3.87. The van der Waals surface area contributed by atoms with Crippen molar-refractivity contribution >= 4 is 15.9 Å². The van der Waals surface area contributed by atoms with Gasteiger partial charge in [-0.3, -0.25) is 0 Å². The zero-order chi connectivity index (χ0) is 10.6. The predicted molar refractivity (Wildman–Crippen MR) is 63.1 cm³/mol. The number of nitrogens with zero attached hydrogens (tertiary/aromatic N) is 1. The van der Waals surface area contributed by atoms with E-state index < -0.39 is 0 Å². The van der Waals surface area contributed by atoms with Gasteiger partial charge in [0.25, 0.3) is 0 Å². The van der Waals surface area contributed by atoms with Crippen molar-refractivity contribution in [3.05, 3.63) is 28.5 Å². The second kappa shape index (κ2) is 5.47. The van der Waals surface area contributed by atoms with Gasteiger partial charge in [0.05, 0.1) is 5.69 Å². The third kappa shape index (κ3) is 3.76. The lowest BCUT2D eigenvalue weighted by Gasteiger charge is -2.16. The molecule has 0 amide bonds. The number of nitrogens with one attached hydrogen (secondary N) is 1. The van der Waals surface area contributed by atoms with Gasteiger partial charge in [-0.1, -0.05) is 19.9 Å². The van der Waals surface area contributed by atoms with E-state index in [2.05, 4.69) is 47.0 Å². The van der Waals surface area contributed by atoms with Crippen LogP contribution in [0.3, 0.4) is 0 Å². The molecule has 1 aromatic heterocycles. The number of pyridine rings is 1. The number of hydrogen-bond donors (Lipinski definition) is 1. The van der Waals surface area contributed by atoms with E-state index in [1.54, 1.807) is 0 Å². The molecule has 2 nitrogen and oxygen atoms in total. The Bertz CT molecular complexity index is 286. The van der Waals surface area contributed by atoms with E-state index in [-0.39, 0.29) is 0 Å². The summed E-state index contributed by atoms with van der Waals surface area (Å²) in [5.74, 6) is 0.655. The molecule has 0 aliphatic rings. The Kier molecular flexibility index (Phi) is 4.55. The highest BCUT2D eigenvalue weighted by Gasteiger charge is 2.05. The molecule has 0 saturated carbocycles. The molecule has 1 heterocycles. The third-order valence-electron chi connectivity index (χ3n) is 2.38. The normalized spacial score (nSPS) is 13.2. The van der Waals surface area contributed by atoms with Gasteiger partial charge in [-0.15, -0.1) is 0 Å². The topological polar surface area (TPSA) is 24.9 Å². The largest absolute Gasteiger partial charge is 0.308 e. The molecule has 0 aliphatic carbocycles. The van der Waals surface area contributed by atoms with Crippen LogP contribution >= 0.6 is 15.9 Å². The minimum Gasteiger partial charge on any atom is -0.308 e. The number of aromatic nitrogens is 1. The summed E-state index contributed by atoms with van der Waals surface area (Å²) in [7, 11) is 0. The van der Waals surface area contributed by atoms with Crippen LogP contribution in [0.15, 0.2) is 22.8 Å². The molecule has 0 aromatic carbocycles. The molecule has 1 atom stereocenters. The van der Waals surface area contributed by atoms with Crippen molar-refractivity contribution in [2.24, 2.45) is 5.92 Å². The molecule has 1 unspecified atom stereocenters. The Balaban J connectivity index is 2.45. The monoisotopic (exact) mass is 256 g/mol. The van der Waals surface area contributed by atoms with Crippen LogP contribution in [0.4, 0.5) is 0 Å². The zero-order valence-electron chi connectivity index (χ0n) is 8.92. The van der Waals surface area contributed by atoms with Gasteiger partial charge in [-0.05, 0) is 40.9 Å². The Morgan fingerprint density at radius 1 is 1.36 bits per heavy atom. The number of halogens is 1. The van der Waals surface area contributed by atoms with Crippen LogP contribution in [0, 0.1) is 5.92 Å². The van der Waals surface area contributed by atoms with Crippen LogP contribution in [0.5, 0.6) is 0 Å². The summed E-state index contributed by atoms with van der Waals surface area (Å²) in [6.07, 6.45) is 0. The van der Waals surface area contributed by atoms with E-state index in [1.165, 1.54) is 0 Å². The van der Waals surface area contributed by atoms with Gasteiger partial charge in [0.15, 0.2) is 0 Å². The van der Waals surface area contributed by atoms with Gasteiger partial charge in [0, 0.05) is 12.6 Å². The van der Waals surface area contributed by atoms with Gasteiger partial charge >= 0.3 is 0 Å². The number of hydrogen-bond acceptors (Lipinski definition) is 2. The summed E-state index contributed by atoms with van der Waals surface area (Å²) in [5.41, 5.74) is 1.08. The molecular weight excluding hydrogens is 240 g/mol. The Morgan fingerprint density at radius 2 is 2.07 bits per heavy atom. The molecule has 0 radical (unpaired) electrons. The van der Waals surface area contributed by atoms with Gasteiger partial charge in [0.2, 0.25) is 0 Å². The maximum absolute atomic E-state index is 4.36. The molecular formula is C11H17BrN2. The van der Waals surface area contributed by atoms with Crippen LogP contribution in [0.1, 0.15) is 26.5 Å². The summed E-state index contributed by atoms with van der Waals surface area (Å²) in [4.78, 5) is 4.36. The maximum atomic E-state index is 4.36. The van der Waals surface area contributed by atoms with Crippen molar-refractivity contribution in [1.29, 1.82) is 0 Å². The van der Waals surface area contributed by atoms with E-state index in [0.29, 0.717) is 12.0 Å². The van der Waals surface area contributed by atoms with Crippen molar-refractivity contribution in [3.8, 4) is 0 Å². The molecule has 0 fully saturated rings. The van der Waals surface area contributed by atoms with Crippen LogP contribution in [-0.4, -0.2) is 11.0 Å². The first-order valence-electron chi connectivity index (χ1n) is 4.94. The Labute approximate surface area is 94.3 Å². The van der Waals surface area contributed by atoms with E-state index in [1.807, 2.05) is 18.2 Å². The van der Waals surface area contributed by atoms with Crippen molar-refractivity contribution < 1.29 is 0 Å². The molecule has 0 spiro atoms. The standard InChI is InChI=1S/C11H17BrN2/c1-8(2)9(3)13-7-10-5-4-6-11(12)14-10/h4-6,8-9,13H,7H2,1-3H3. The van der Waals surface area contributed by atoms with E-state index in [9.17, 15) is 0 Å². The average molecular weight is 257 g/mol. The Hall–Kier alpha value is -0.410. The molecule has 3 heteroatoms. The smallest absolute Gasteiger partial charge is 0.106 e. The average Bonchev–Trinajstić information content (AvgIpc) is 2.14. The molecule has 1 N–H and O–H groups in total. The van der Waals surface area contributed by atoms with Crippen molar-refractivity contribution in [1.82, 2.24) is 10.3 Å².